The van der Waals surface area contributed by atoms with Gasteiger partial charge in [-0.15, -0.1) is 11.8 Å². The second-order valence-corrected chi connectivity index (χ2v) is 8.28. The molecule has 2 heterocycles. The van der Waals surface area contributed by atoms with E-state index in [-0.39, 0.29) is 18.3 Å². The van der Waals surface area contributed by atoms with E-state index in [0.717, 1.165) is 27.6 Å². The zero-order chi connectivity index (χ0) is 22.3. The Bertz CT molecular complexity index is 1170. The topological polar surface area (TPSA) is 72.7 Å². The molecule has 7 heteroatoms. The third-order valence-electron chi connectivity index (χ3n) is 5.02. The fourth-order valence-corrected chi connectivity index (χ4v) is 4.13. The molecule has 0 bridgehead atoms. The Morgan fingerprint density at radius 3 is 2.50 bits per heavy atom. The molecule has 162 valence electrons. The molecule has 1 N–H and O–H groups in total. The zero-order valence-electron chi connectivity index (χ0n) is 17.6. The van der Waals surface area contributed by atoms with E-state index in [1.165, 1.54) is 7.11 Å². The van der Waals surface area contributed by atoms with Crippen molar-refractivity contribution in [2.24, 2.45) is 0 Å². The van der Waals surface area contributed by atoms with Crippen LogP contribution < -0.4 is 5.32 Å². The predicted molar refractivity (Wildman–Crippen MR) is 124 cm³/mol. The molecule has 4 rings (SSSR count). The maximum atomic E-state index is 12.8. The number of ether oxygens (including phenoxy) is 1. The van der Waals surface area contributed by atoms with E-state index in [9.17, 15) is 9.59 Å². The summed E-state index contributed by atoms with van der Waals surface area (Å²) in [5.41, 5.74) is 3.31. The van der Waals surface area contributed by atoms with Crippen LogP contribution in [0.1, 0.15) is 34.1 Å². The first-order valence-electron chi connectivity index (χ1n) is 10.2. The number of methoxy groups -OCH3 is 1. The maximum Gasteiger partial charge on any atom is 0.307 e. The summed E-state index contributed by atoms with van der Waals surface area (Å²) in [6.07, 6.45) is 4.07. The number of imidazole rings is 1. The van der Waals surface area contributed by atoms with Gasteiger partial charge in [-0.1, -0.05) is 36.4 Å². The average molecular weight is 446 g/mol. The van der Waals surface area contributed by atoms with Crippen LogP contribution in [0.25, 0.3) is 5.65 Å². The quantitative estimate of drug-likeness (QED) is 0.315. The second-order valence-electron chi connectivity index (χ2n) is 7.23. The number of nitrogens with zero attached hydrogens (tertiary/aromatic N) is 2. The third kappa shape index (κ3) is 5.36. The minimum Gasteiger partial charge on any atom is -0.469 e. The minimum absolute atomic E-state index is 0.0687. The van der Waals surface area contributed by atoms with Crippen molar-refractivity contribution in [3.05, 3.63) is 102 Å². The number of thioether (sulfide) groups is 1. The van der Waals surface area contributed by atoms with Crippen LogP contribution in [0.15, 0.2) is 90.1 Å². The normalized spacial score (nSPS) is 11.8. The zero-order valence-corrected chi connectivity index (χ0v) is 18.4. The van der Waals surface area contributed by atoms with Gasteiger partial charge in [0.15, 0.2) is 0 Å². The number of nitrogens with one attached hydrogen (secondary N) is 1. The van der Waals surface area contributed by atoms with Crippen LogP contribution in [0.2, 0.25) is 0 Å². The van der Waals surface area contributed by atoms with Crippen LogP contribution in [0.4, 0.5) is 0 Å². The molecule has 6 nitrogen and oxygen atoms in total. The SMILES string of the molecule is COC(=O)CC(NC(=O)c1ccc(SCc2cn3ccccc3n2)cc1)c1ccccc1. The standard InChI is InChI=1S/C25H23N3O3S/c1-31-24(29)15-22(18-7-3-2-4-8-18)27-25(30)19-10-12-21(13-11-19)32-17-20-16-28-14-6-5-9-23(28)26-20/h2-14,16,22H,15,17H2,1H3,(H,27,30). The van der Waals surface area contributed by atoms with Gasteiger partial charge < -0.3 is 14.5 Å². The molecule has 1 unspecified atom stereocenters. The number of benzene rings is 2. The number of fused-ring (bicyclic) bond motifs is 1. The number of rotatable bonds is 8. The molecule has 0 spiro atoms. The van der Waals surface area contributed by atoms with Crippen LogP contribution in [0, 0.1) is 0 Å². The van der Waals surface area contributed by atoms with E-state index in [2.05, 4.69) is 10.3 Å². The lowest BCUT2D eigenvalue weighted by molar-refractivity contribution is -0.141. The monoisotopic (exact) mass is 445 g/mol. The Hall–Kier alpha value is -3.58. The predicted octanol–water partition coefficient (Wildman–Crippen LogP) is 4.66. The van der Waals surface area contributed by atoms with Gasteiger partial charge in [-0.05, 0) is 42.0 Å². The van der Waals surface area contributed by atoms with Crippen molar-refractivity contribution in [1.29, 1.82) is 0 Å². The third-order valence-corrected chi connectivity index (χ3v) is 6.07. The number of carbonyl (C=O) groups excluding carboxylic acids is 2. The van der Waals surface area contributed by atoms with Gasteiger partial charge in [0.1, 0.15) is 5.65 Å². The van der Waals surface area contributed by atoms with Gasteiger partial charge >= 0.3 is 5.97 Å². The molecule has 0 aliphatic rings. The molecule has 2 aromatic carbocycles. The Labute approximate surface area is 190 Å². The Kier molecular flexibility index (Phi) is 6.87. The van der Waals surface area contributed by atoms with Crippen molar-refractivity contribution >= 4 is 29.3 Å². The highest BCUT2D eigenvalue weighted by molar-refractivity contribution is 7.98. The lowest BCUT2D eigenvalue weighted by atomic mass is 10.0. The molecule has 0 aliphatic heterocycles. The molecule has 1 atom stereocenters. The van der Waals surface area contributed by atoms with Gasteiger partial charge in [0.05, 0.1) is 25.3 Å². The van der Waals surface area contributed by atoms with Crippen molar-refractivity contribution in [3.8, 4) is 0 Å². The van der Waals surface area contributed by atoms with Gasteiger partial charge in [-0.25, -0.2) is 4.98 Å². The van der Waals surface area contributed by atoms with Gasteiger partial charge in [-0.2, -0.15) is 0 Å². The Morgan fingerprint density at radius 1 is 1.03 bits per heavy atom. The number of hydrogen-bond donors (Lipinski definition) is 1. The van der Waals surface area contributed by atoms with Crippen molar-refractivity contribution in [2.75, 3.05) is 7.11 Å². The number of aromatic nitrogens is 2. The van der Waals surface area contributed by atoms with Crippen molar-refractivity contribution < 1.29 is 14.3 Å². The summed E-state index contributed by atoms with van der Waals surface area (Å²) >= 11 is 1.66. The lowest BCUT2D eigenvalue weighted by Crippen LogP contribution is -2.30. The summed E-state index contributed by atoms with van der Waals surface area (Å²) in [7, 11) is 1.34. The summed E-state index contributed by atoms with van der Waals surface area (Å²) in [4.78, 5) is 30.3. The van der Waals surface area contributed by atoms with Crippen LogP contribution in [0.5, 0.6) is 0 Å². The summed E-state index contributed by atoms with van der Waals surface area (Å²) in [6, 6.07) is 22.3. The molecule has 0 saturated carbocycles. The van der Waals surface area contributed by atoms with Gasteiger partial charge in [0.25, 0.3) is 5.91 Å². The van der Waals surface area contributed by atoms with E-state index >= 15 is 0 Å². The largest absolute Gasteiger partial charge is 0.469 e. The number of hydrogen-bond acceptors (Lipinski definition) is 5. The minimum atomic E-state index is -0.458. The van der Waals surface area contributed by atoms with E-state index < -0.39 is 6.04 Å². The highest BCUT2D eigenvalue weighted by Gasteiger charge is 2.19. The number of carbonyl (C=O) groups is 2. The maximum absolute atomic E-state index is 12.8. The Balaban J connectivity index is 1.39. The number of pyridine rings is 1. The average Bonchev–Trinajstić information content (AvgIpc) is 3.26. The molecule has 0 fully saturated rings. The molecule has 1 amide bonds. The first-order valence-corrected chi connectivity index (χ1v) is 11.2. The van der Waals surface area contributed by atoms with E-state index in [0.29, 0.717) is 5.56 Å². The highest BCUT2D eigenvalue weighted by Crippen LogP contribution is 2.24. The van der Waals surface area contributed by atoms with Gasteiger partial charge in [0.2, 0.25) is 0 Å². The van der Waals surface area contributed by atoms with Crippen molar-refractivity contribution in [2.45, 2.75) is 23.1 Å². The Morgan fingerprint density at radius 2 is 1.78 bits per heavy atom. The smallest absolute Gasteiger partial charge is 0.307 e. The molecule has 0 saturated heterocycles. The van der Waals surface area contributed by atoms with Crippen molar-refractivity contribution in [1.82, 2.24) is 14.7 Å². The number of amides is 1. The van der Waals surface area contributed by atoms with Crippen molar-refractivity contribution in [3.63, 3.8) is 0 Å². The fourth-order valence-electron chi connectivity index (χ4n) is 3.35. The van der Waals surface area contributed by atoms with Crippen LogP contribution in [-0.2, 0) is 15.3 Å². The lowest BCUT2D eigenvalue weighted by Gasteiger charge is -2.18. The van der Waals surface area contributed by atoms with Gasteiger partial charge in [-0.3, -0.25) is 9.59 Å². The first-order chi connectivity index (χ1) is 15.6. The molecule has 4 aromatic rings. The summed E-state index contributed by atoms with van der Waals surface area (Å²) < 4.78 is 6.79. The number of esters is 1. The second kappa shape index (κ2) is 10.2. The van der Waals surface area contributed by atoms with Crippen LogP contribution >= 0.6 is 11.8 Å². The molecule has 32 heavy (non-hydrogen) atoms. The van der Waals surface area contributed by atoms with Crippen LogP contribution in [0.3, 0.4) is 0 Å². The van der Waals surface area contributed by atoms with E-state index in [1.807, 2.05) is 77.5 Å². The van der Waals surface area contributed by atoms with Crippen LogP contribution in [-0.4, -0.2) is 28.4 Å². The fraction of sp³-hybridized carbons (Fsp3) is 0.160. The molecular weight excluding hydrogens is 422 g/mol. The summed E-state index contributed by atoms with van der Waals surface area (Å²) in [6.45, 7) is 0. The van der Waals surface area contributed by atoms with E-state index in [4.69, 9.17) is 4.74 Å². The molecule has 0 radical (unpaired) electrons. The molecule has 2 aromatic heterocycles. The van der Waals surface area contributed by atoms with E-state index in [1.54, 1.807) is 23.9 Å². The van der Waals surface area contributed by atoms with Gasteiger partial charge in [0, 0.05) is 28.6 Å². The summed E-state index contributed by atoms with van der Waals surface area (Å²) in [5.74, 6) is 0.125. The summed E-state index contributed by atoms with van der Waals surface area (Å²) in [5, 5.41) is 2.95. The highest BCUT2D eigenvalue weighted by atomic mass is 32.2. The first kappa shape index (κ1) is 21.6. The molecule has 0 aliphatic carbocycles. The molecular formula is C25H23N3O3S.